The van der Waals surface area contributed by atoms with Crippen LogP contribution in [0.15, 0.2) is 54.6 Å². The molecule has 1 atom stereocenters. The van der Waals surface area contributed by atoms with Crippen molar-refractivity contribution in [3.8, 4) is 11.4 Å². The van der Waals surface area contributed by atoms with Gasteiger partial charge in [-0.1, -0.05) is 42.5 Å². The third-order valence-electron chi connectivity index (χ3n) is 4.85. The number of para-hydroxylation sites is 1. The van der Waals surface area contributed by atoms with Crippen molar-refractivity contribution < 1.29 is 5.11 Å². The van der Waals surface area contributed by atoms with E-state index in [2.05, 4.69) is 12.2 Å². The number of rotatable bonds is 5. The van der Waals surface area contributed by atoms with Crippen molar-refractivity contribution in [2.75, 3.05) is 11.9 Å². The van der Waals surface area contributed by atoms with Gasteiger partial charge in [-0.15, -0.1) is 0 Å². The summed E-state index contributed by atoms with van der Waals surface area (Å²) in [7, 11) is 0. The van der Waals surface area contributed by atoms with Gasteiger partial charge < -0.3 is 10.4 Å². The molecule has 0 aliphatic heterocycles. The van der Waals surface area contributed by atoms with Crippen LogP contribution in [0, 0.1) is 5.92 Å². The molecule has 0 saturated heterocycles. The minimum absolute atomic E-state index is 0.0939. The predicted octanol–water partition coefficient (Wildman–Crippen LogP) is 3.87. The number of aromatic nitrogens is 2. The Morgan fingerprint density at radius 2 is 1.75 bits per heavy atom. The second-order valence-electron chi connectivity index (χ2n) is 6.75. The summed E-state index contributed by atoms with van der Waals surface area (Å²) in [4.78, 5) is 9.49. The molecule has 4 nitrogen and oxygen atoms in total. The van der Waals surface area contributed by atoms with Gasteiger partial charge in [0.05, 0.1) is 17.7 Å². The topological polar surface area (TPSA) is 58.0 Å². The Kier molecular flexibility index (Phi) is 3.69. The highest BCUT2D eigenvalue weighted by Gasteiger charge is 2.41. The molecule has 24 heavy (non-hydrogen) atoms. The van der Waals surface area contributed by atoms with Gasteiger partial charge in [-0.25, -0.2) is 9.97 Å². The smallest absolute Gasteiger partial charge is 0.162 e. The molecule has 122 valence electrons. The number of benzene rings is 2. The quantitative estimate of drug-likeness (QED) is 0.749. The molecule has 0 amide bonds. The maximum absolute atomic E-state index is 9.91. The largest absolute Gasteiger partial charge is 0.394 e. The van der Waals surface area contributed by atoms with Gasteiger partial charge in [-0.3, -0.25) is 0 Å². The van der Waals surface area contributed by atoms with Crippen molar-refractivity contribution in [1.82, 2.24) is 9.97 Å². The van der Waals surface area contributed by atoms with Crippen molar-refractivity contribution in [3.63, 3.8) is 0 Å². The van der Waals surface area contributed by atoms with E-state index in [-0.39, 0.29) is 12.1 Å². The molecular formula is C20H21N3O. The zero-order chi connectivity index (χ0) is 16.6. The lowest BCUT2D eigenvalue weighted by molar-refractivity contribution is 0.206. The Hall–Kier alpha value is -2.46. The Balaban J connectivity index is 1.83. The summed E-state index contributed by atoms with van der Waals surface area (Å²) in [6.07, 6.45) is 2.30. The Morgan fingerprint density at radius 3 is 2.46 bits per heavy atom. The van der Waals surface area contributed by atoms with E-state index in [0.29, 0.717) is 11.7 Å². The van der Waals surface area contributed by atoms with Crippen LogP contribution in [0.5, 0.6) is 0 Å². The van der Waals surface area contributed by atoms with Gasteiger partial charge >= 0.3 is 0 Å². The number of hydrogen-bond acceptors (Lipinski definition) is 4. The SMILES string of the molecule is CC(CO)(Nc1nc(-c2ccccc2)nc2ccccc12)C1CC1. The highest BCUT2D eigenvalue weighted by molar-refractivity contribution is 5.90. The van der Waals surface area contributed by atoms with Gasteiger partial charge in [0.2, 0.25) is 0 Å². The first kappa shape index (κ1) is 15.1. The number of fused-ring (bicyclic) bond motifs is 1. The molecule has 1 saturated carbocycles. The molecule has 0 spiro atoms. The number of anilines is 1. The van der Waals surface area contributed by atoms with Gasteiger partial charge in [0.15, 0.2) is 5.82 Å². The second-order valence-corrected chi connectivity index (χ2v) is 6.75. The summed E-state index contributed by atoms with van der Waals surface area (Å²) in [5.41, 5.74) is 1.55. The summed E-state index contributed by atoms with van der Waals surface area (Å²) in [5, 5.41) is 14.4. The van der Waals surface area contributed by atoms with Crippen LogP contribution in [0.4, 0.5) is 5.82 Å². The van der Waals surface area contributed by atoms with Crippen LogP contribution in [-0.4, -0.2) is 27.2 Å². The van der Waals surface area contributed by atoms with Crippen LogP contribution in [0.1, 0.15) is 19.8 Å². The van der Waals surface area contributed by atoms with Gasteiger partial charge in [0.1, 0.15) is 5.82 Å². The fourth-order valence-corrected chi connectivity index (χ4v) is 3.15. The molecule has 2 aromatic carbocycles. The van der Waals surface area contributed by atoms with Gasteiger partial charge in [0, 0.05) is 10.9 Å². The molecule has 2 N–H and O–H groups in total. The van der Waals surface area contributed by atoms with E-state index in [1.807, 2.05) is 54.6 Å². The molecule has 4 rings (SSSR count). The summed E-state index contributed by atoms with van der Waals surface area (Å²) in [5.74, 6) is 1.99. The minimum atomic E-state index is -0.342. The molecule has 0 radical (unpaired) electrons. The van der Waals surface area contributed by atoms with Crippen LogP contribution in [0.2, 0.25) is 0 Å². The van der Waals surface area contributed by atoms with E-state index in [4.69, 9.17) is 9.97 Å². The normalized spacial score (nSPS) is 16.8. The molecule has 1 aromatic heterocycles. The van der Waals surface area contributed by atoms with Crippen LogP contribution >= 0.6 is 0 Å². The highest BCUT2D eigenvalue weighted by atomic mass is 16.3. The molecule has 1 aliphatic rings. The van der Waals surface area contributed by atoms with Crippen LogP contribution in [0.3, 0.4) is 0 Å². The number of aliphatic hydroxyl groups excluding tert-OH is 1. The Morgan fingerprint density at radius 1 is 1.04 bits per heavy atom. The molecule has 0 bridgehead atoms. The molecular weight excluding hydrogens is 298 g/mol. The summed E-state index contributed by atoms with van der Waals surface area (Å²) < 4.78 is 0. The third kappa shape index (κ3) is 2.74. The molecule has 1 heterocycles. The second kappa shape index (κ2) is 5.87. The lowest BCUT2D eigenvalue weighted by Gasteiger charge is -2.30. The first-order valence-corrected chi connectivity index (χ1v) is 8.41. The van der Waals surface area contributed by atoms with E-state index in [9.17, 15) is 5.11 Å². The van der Waals surface area contributed by atoms with E-state index in [1.165, 1.54) is 0 Å². The summed E-state index contributed by atoms with van der Waals surface area (Å²) >= 11 is 0. The van der Waals surface area contributed by atoms with Crippen LogP contribution in [0.25, 0.3) is 22.3 Å². The first-order chi connectivity index (χ1) is 11.7. The first-order valence-electron chi connectivity index (χ1n) is 8.41. The average Bonchev–Trinajstić information content (AvgIpc) is 3.48. The monoisotopic (exact) mass is 319 g/mol. The third-order valence-corrected chi connectivity index (χ3v) is 4.85. The molecule has 1 fully saturated rings. The minimum Gasteiger partial charge on any atom is -0.394 e. The van der Waals surface area contributed by atoms with Crippen molar-refractivity contribution in [3.05, 3.63) is 54.6 Å². The van der Waals surface area contributed by atoms with Crippen LogP contribution in [-0.2, 0) is 0 Å². The lowest BCUT2D eigenvalue weighted by atomic mass is 9.96. The average molecular weight is 319 g/mol. The maximum Gasteiger partial charge on any atom is 0.162 e. The van der Waals surface area contributed by atoms with Crippen molar-refractivity contribution in [2.24, 2.45) is 5.92 Å². The van der Waals surface area contributed by atoms with E-state index >= 15 is 0 Å². The number of hydrogen-bond donors (Lipinski definition) is 2. The summed E-state index contributed by atoms with van der Waals surface area (Å²) in [6.45, 7) is 2.17. The Labute approximate surface area is 141 Å². The van der Waals surface area contributed by atoms with E-state index < -0.39 is 0 Å². The fourth-order valence-electron chi connectivity index (χ4n) is 3.15. The number of nitrogens with zero attached hydrogens (tertiary/aromatic N) is 2. The Bertz CT molecular complexity index is 861. The molecule has 1 aliphatic carbocycles. The van der Waals surface area contributed by atoms with Gasteiger partial charge in [0.25, 0.3) is 0 Å². The predicted molar refractivity (Wildman–Crippen MR) is 96.8 cm³/mol. The van der Waals surface area contributed by atoms with E-state index in [1.54, 1.807) is 0 Å². The zero-order valence-electron chi connectivity index (χ0n) is 13.7. The standard InChI is InChI=1S/C20H21N3O/c1-20(13-24,15-11-12-15)23-19-16-9-5-6-10-17(16)21-18(22-19)14-7-3-2-4-8-14/h2-10,15,24H,11-13H2,1H3,(H,21,22,23). The molecule has 1 unspecified atom stereocenters. The van der Waals surface area contributed by atoms with E-state index in [0.717, 1.165) is 35.1 Å². The molecule has 4 heteroatoms. The van der Waals surface area contributed by atoms with Crippen molar-refractivity contribution >= 4 is 16.7 Å². The summed E-state index contributed by atoms with van der Waals surface area (Å²) in [6, 6.07) is 18.0. The van der Waals surface area contributed by atoms with Gasteiger partial charge in [-0.2, -0.15) is 0 Å². The number of nitrogens with one attached hydrogen (secondary N) is 1. The lowest BCUT2D eigenvalue weighted by Crippen LogP contribution is -2.41. The fraction of sp³-hybridized carbons (Fsp3) is 0.300. The van der Waals surface area contributed by atoms with Crippen LogP contribution < -0.4 is 5.32 Å². The molecule has 3 aromatic rings. The van der Waals surface area contributed by atoms with Crippen molar-refractivity contribution in [1.29, 1.82) is 0 Å². The maximum atomic E-state index is 9.91. The highest BCUT2D eigenvalue weighted by Crippen LogP contribution is 2.41. The van der Waals surface area contributed by atoms with Crippen molar-refractivity contribution in [2.45, 2.75) is 25.3 Å². The van der Waals surface area contributed by atoms with Gasteiger partial charge in [-0.05, 0) is 37.8 Å². The zero-order valence-corrected chi connectivity index (χ0v) is 13.7. The number of aliphatic hydroxyl groups is 1.